The maximum atomic E-state index is 5.82. The van der Waals surface area contributed by atoms with Crippen molar-refractivity contribution in [3.05, 3.63) is 72.9 Å². The lowest BCUT2D eigenvalue weighted by Gasteiger charge is -2.02. The average Bonchev–Trinajstić information content (AvgIpc) is 3.16. The number of furan rings is 1. The number of rotatable bonds is 3. The van der Waals surface area contributed by atoms with Crippen LogP contribution in [0.5, 0.6) is 0 Å². The largest absolute Gasteiger partial charge is 0.454 e. The minimum atomic E-state index is 0.771. The standard InChI is InChI=1S/C17H13N3O/c1-2-4-16-14(3-1)9-17(21-16)15-6-5-13(10-19-15)11-20-8-7-18-12-20/h1-10,12H,11H2. The predicted octanol–water partition coefficient (Wildman–Crippen LogP) is 3.74. The van der Waals surface area contributed by atoms with E-state index in [9.17, 15) is 0 Å². The molecule has 0 spiro atoms. The second-order valence-electron chi connectivity index (χ2n) is 4.94. The number of hydrogen-bond donors (Lipinski definition) is 0. The van der Waals surface area contributed by atoms with Crippen molar-refractivity contribution in [2.45, 2.75) is 6.54 Å². The summed E-state index contributed by atoms with van der Waals surface area (Å²) in [6.07, 6.45) is 7.39. The first kappa shape index (κ1) is 11.9. The van der Waals surface area contributed by atoms with Crippen molar-refractivity contribution in [1.29, 1.82) is 0 Å². The minimum Gasteiger partial charge on any atom is -0.454 e. The Balaban J connectivity index is 1.63. The van der Waals surface area contributed by atoms with E-state index >= 15 is 0 Å². The first-order valence-corrected chi connectivity index (χ1v) is 6.78. The van der Waals surface area contributed by atoms with Crippen LogP contribution in [0.2, 0.25) is 0 Å². The number of fused-ring (bicyclic) bond motifs is 1. The molecule has 0 atom stereocenters. The summed E-state index contributed by atoms with van der Waals surface area (Å²) in [7, 11) is 0. The summed E-state index contributed by atoms with van der Waals surface area (Å²) >= 11 is 0. The average molecular weight is 275 g/mol. The van der Waals surface area contributed by atoms with E-state index in [4.69, 9.17) is 4.42 Å². The molecule has 0 saturated heterocycles. The lowest BCUT2D eigenvalue weighted by Crippen LogP contribution is -1.97. The number of benzene rings is 1. The molecule has 0 saturated carbocycles. The Kier molecular flexibility index (Phi) is 2.78. The van der Waals surface area contributed by atoms with E-state index in [-0.39, 0.29) is 0 Å². The number of pyridine rings is 1. The fourth-order valence-corrected chi connectivity index (χ4v) is 2.36. The molecule has 0 amide bonds. The third-order valence-electron chi connectivity index (χ3n) is 3.43. The molecule has 21 heavy (non-hydrogen) atoms. The Hall–Kier alpha value is -2.88. The Morgan fingerprint density at radius 2 is 2.05 bits per heavy atom. The van der Waals surface area contributed by atoms with Crippen LogP contribution in [0, 0.1) is 0 Å². The Labute approximate surface area is 121 Å². The second kappa shape index (κ2) is 4.90. The fourth-order valence-electron chi connectivity index (χ4n) is 2.36. The zero-order valence-electron chi connectivity index (χ0n) is 11.3. The van der Waals surface area contributed by atoms with Gasteiger partial charge in [-0.1, -0.05) is 24.3 Å². The van der Waals surface area contributed by atoms with E-state index in [0.717, 1.165) is 34.5 Å². The van der Waals surface area contributed by atoms with Gasteiger partial charge in [0.2, 0.25) is 0 Å². The van der Waals surface area contributed by atoms with E-state index in [2.05, 4.69) is 16.0 Å². The zero-order chi connectivity index (χ0) is 14.1. The van der Waals surface area contributed by atoms with Crippen LogP contribution in [0.1, 0.15) is 5.56 Å². The summed E-state index contributed by atoms with van der Waals surface area (Å²) in [6.45, 7) is 0.771. The molecule has 4 nitrogen and oxygen atoms in total. The van der Waals surface area contributed by atoms with Crippen LogP contribution in [-0.2, 0) is 6.54 Å². The van der Waals surface area contributed by atoms with Crippen LogP contribution in [-0.4, -0.2) is 14.5 Å². The van der Waals surface area contributed by atoms with Gasteiger partial charge in [0, 0.05) is 30.5 Å². The number of nitrogens with zero attached hydrogens (tertiary/aromatic N) is 3. The van der Waals surface area contributed by atoms with E-state index in [0.29, 0.717) is 0 Å². The summed E-state index contributed by atoms with van der Waals surface area (Å²) in [4.78, 5) is 8.53. The Morgan fingerprint density at radius 1 is 1.10 bits per heavy atom. The normalized spacial score (nSPS) is 11.0. The van der Waals surface area contributed by atoms with Crippen LogP contribution in [0.25, 0.3) is 22.4 Å². The van der Waals surface area contributed by atoms with Gasteiger partial charge in [0.25, 0.3) is 0 Å². The first-order chi connectivity index (χ1) is 10.4. The highest BCUT2D eigenvalue weighted by Crippen LogP contribution is 2.26. The minimum absolute atomic E-state index is 0.771. The molecule has 0 N–H and O–H groups in total. The van der Waals surface area contributed by atoms with Gasteiger partial charge < -0.3 is 8.98 Å². The van der Waals surface area contributed by atoms with Crippen LogP contribution in [0.15, 0.2) is 71.8 Å². The van der Waals surface area contributed by atoms with Gasteiger partial charge in [0.05, 0.1) is 6.33 Å². The number of hydrogen-bond acceptors (Lipinski definition) is 3. The molecule has 0 bridgehead atoms. The molecular weight excluding hydrogens is 262 g/mol. The zero-order valence-corrected chi connectivity index (χ0v) is 11.3. The summed E-state index contributed by atoms with van der Waals surface area (Å²) in [5.74, 6) is 0.797. The van der Waals surface area contributed by atoms with Gasteiger partial charge in [-0.2, -0.15) is 0 Å². The van der Waals surface area contributed by atoms with Gasteiger partial charge in [-0.05, 0) is 23.8 Å². The van der Waals surface area contributed by atoms with Gasteiger partial charge in [0.15, 0.2) is 5.76 Å². The summed E-state index contributed by atoms with van der Waals surface area (Å²) in [5.41, 5.74) is 2.87. The van der Waals surface area contributed by atoms with Gasteiger partial charge in [-0.25, -0.2) is 4.98 Å². The van der Waals surface area contributed by atoms with Gasteiger partial charge in [0.1, 0.15) is 11.3 Å². The fraction of sp³-hybridized carbons (Fsp3) is 0.0588. The van der Waals surface area contributed by atoms with Crippen molar-refractivity contribution >= 4 is 11.0 Å². The quantitative estimate of drug-likeness (QED) is 0.572. The van der Waals surface area contributed by atoms with E-state index in [1.54, 1.807) is 12.5 Å². The molecule has 0 radical (unpaired) electrons. The smallest absolute Gasteiger partial charge is 0.153 e. The van der Waals surface area contributed by atoms with Crippen molar-refractivity contribution in [3.63, 3.8) is 0 Å². The van der Waals surface area contributed by atoms with Crippen LogP contribution in [0.4, 0.5) is 0 Å². The van der Waals surface area contributed by atoms with Crippen molar-refractivity contribution in [2.75, 3.05) is 0 Å². The third-order valence-corrected chi connectivity index (χ3v) is 3.43. The molecule has 1 aromatic carbocycles. The molecule has 3 heterocycles. The molecule has 102 valence electrons. The maximum absolute atomic E-state index is 5.82. The molecule has 0 aliphatic carbocycles. The Bertz CT molecular complexity index is 828. The monoisotopic (exact) mass is 275 g/mol. The lowest BCUT2D eigenvalue weighted by molar-refractivity contribution is 0.628. The highest BCUT2D eigenvalue weighted by Gasteiger charge is 2.07. The first-order valence-electron chi connectivity index (χ1n) is 6.78. The predicted molar refractivity (Wildman–Crippen MR) is 80.8 cm³/mol. The highest BCUT2D eigenvalue weighted by atomic mass is 16.3. The Morgan fingerprint density at radius 3 is 2.81 bits per heavy atom. The SMILES string of the molecule is c1ccc2oc(-c3ccc(Cn4ccnc4)cn3)cc2c1. The molecular formula is C17H13N3O. The van der Waals surface area contributed by atoms with Crippen LogP contribution < -0.4 is 0 Å². The van der Waals surface area contributed by atoms with Crippen molar-refractivity contribution < 1.29 is 4.42 Å². The third kappa shape index (κ3) is 2.31. The molecule has 4 aromatic rings. The number of imidazole rings is 1. The second-order valence-corrected chi connectivity index (χ2v) is 4.94. The van der Waals surface area contributed by atoms with Gasteiger partial charge >= 0.3 is 0 Å². The summed E-state index contributed by atoms with van der Waals surface area (Å²) in [5, 5.41) is 1.09. The highest BCUT2D eigenvalue weighted by molar-refractivity contribution is 5.82. The molecule has 0 aliphatic heterocycles. The molecule has 4 rings (SSSR count). The van der Waals surface area contributed by atoms with Gasteiger partial charge in [-0.3, -0.25) is 4.98 Å². The van der Waals surface area contributed by atoms with E-state index in [1.165, 1.54) is 0 Å². The van der Waals surface area contributed by atoms with Crippen molar-refractivity contribution in [2.24, 2.45) is 0 Å². The van der Waals surface area contributed by atoms with E-state index < -0.39 is 0 Å². The van der Waals surface area contributed by atoms with Gasteiger partial charge in [-0.15, -0.1) is 0 Å². The van der Waals surface area contributed by atoms with Crippen LogP contribution in [0.3, 0.4) is 0 Å². The molecule has 0 aliphatic rings. The molecule has 0 fully saturated rings. The summed E-state index contributed by atoms with van der Waals surface area (Å²) in [6, 6.07) is 14.1. The van der Waals surface area contributed by atoms with Crippen LogP contribution >= 0.6 is 0 Å². The van der Waals surface area contributed by atoms with Crippen molar-refractivity contribution in [3.8, 4) is 11.5 Å². The van der Waals surface area contributed by atoms with E-state index in [1.807, 2.05) is 53.4 Å². The summed E-state index contributed by atoms with van der Waals surface area (Å²) < 4.78 is 7.83. The topological polar surface area (TPSA) is 43.9 Å². The maximum Gasteiger partial charge on any atom is 0.153 e. The number of para-hydroxylation sites is 1. The number of aromatic nitrogens is 3. The lowest BCUT2D eigenvalue weighted by atomic mass is 10.2. The molecule has 4 heteroatoms. The molecule has 3 aromatic heterocycles. The molecule has 0 unspecified atom stereocenters. The van der Waals surface area contributed by atoms with Crippen molar-refractivity contribution in [1.82, 2.24) is 14.5 Å².